The first kappa shape index (κ1) is 14.5. The van der Waals surface area contributed by atoms with Crippen molar-refractivity contribution in [2.24, 2.45) is 5.18 Å². The Labute approximate surface area is 129 Å². The van der Waals surface area contributed by atoms with Gasteiger partial charge in [0.2, 0.25) is 5.91 Å². The second kappa shape index (κ2) is 6.13. The van der Waals surface area contributed by atoms with Crippen molar-refractivity contribution in [2.45, 2.75) is 25.3 Å². The Hall–Kier alpha value is -2.43. The number of fused-ring (bicyclic) bond motifs is 1. The smallest absolute Gasteiger partial charge is 0.245 e. The van der Waals surface area contributed by atoms with E-state index in [9.17, 15) is 9.70 Å². The Bertz CT molecular complexity index is 720. The highest BCUT2D eigenvalue weighted by atomic mass is 16.3. The van der Waals surface area contributed by atoms with Gasteiger partial charge in [0.15, 0.2) is 0 Å². The number of nitrogens with zero attached hydrogens (tertiary/aromatic N) is 2. The van der Waals surface area contributed by atoms with Crippen LogP contribution in [0.5, 0.6) is 0 Å². The lowest BCUT2D eigenvalue weighted by atomic mass is 9.87. The number of amides is 1. The number of H-pyrrole nitrogens is 1. The van der Waals surface area contributed by atoms with Gasteiger partial charge < -0.3 is 9.88 Å². The van der Waals surface area contributed by atoms with Crippen LogP contribution in [0.15, 0.2) is 42.2 Å². The zero-order valence-corrected chi connectivity index (χ0v) is 12.4. The number of hydrogen-bond acceptors (Lipinski definition) is 3. The van der Waals surface area contributed by atoms with E-state index < -0.39 is 0 Å². The number of hydrogen-bond donors (Lipinski definition) is 1. The van der Waals surface area contributed by atoms with E-state index in [0.29, 0.717) is 5.92 Å². The molecule has 1 fully saturated rings. The monoisotopic (exact) mass is 297 g/mol. The third-order valence-electron chi connectivity index (χ3n) is 4.43. The Morgan fingerprint density at radius 1 is 1.45 bits per heavy atom. The van der Waals surface area contributed by atoms with Crippen molar-refractivity contribution in [3.63, 3.8) is 0 Å². The molecular weight excluding hydrogens is 278 g/mol. The molecule has 2 aromatic rings. The highest BCUT2D eigenvalue weighted by Gasteiger charge is 2.25. The number of piperidine rings is 1. The van der Waals surface area contributed by atoms with E-state index in [4.69, 9.17) is 0 Å². The summed E-state index contributed by atoms with van der Waals surface area (Å²) < 4.78 is 0. The zero-order valence-electron chi connectivity index (χ0n) is 12.4. The van der Waals surface area contributed by atoms with E-state index in [1.54, 1.807) is 0 Å². The third kappa shape index (κ3) is 2.54. The molecule has 1 N–H and O–H groups in total. The van der Waals surface area contributed by atoms with Crippen molar-refractivity contribution in [1.82, 2.24) is 9.88 Å². The fourth-order valence-electron chi connectivity index (χ4n) is 3.36. The summed E-state index contributed by atoms with van der Waals surface area (Å²) in [6.45, 7) is 5.26. The minimum absolute atomic E-state index is 0.00297. The van der Waals surface area contributed by atoms with Crippen LogP contribution < -0.4 is 0 Å². The number of nitrogens with one attached hydrogen (secondary N) is 1. The lowest BCUT2D eigenvalue weighted by molar-refractivity contribution is -0.127. The molecule has 1 aromatic carbocycles. The summed E-state index contributed by atoms with van der Waals surface area (Å²) in [6.07, 6.45) is 5.32. The molecule has 2 heterocycles. The van der Waals surface area contributed by atoms with Gasteiger partial charge in [-0.25, -0.2) is 0 Å². The van der Waals surface area contributed by atoms with Gasteiger partial charge in [0.1, 0.15) is 6.54 Å². The molecule has 1 unspecified atom stereocenters. The summed E-state index contributed by atoms with van der Waals surface area (Å²) in [5.74, 6) is 0.311. The lowest BCUT2D eigenvalue weighted by Gasteiger charge is -2.32. The molecule has 22 heavy (non-hydrogen) atoms. The molecular formula is C17H19N3O2. The number of carbonyl (C=O) groups is 1. The van der Waals surface area contributed by atoms with Crippen LogP contribution >= 0.6 is 0 Å². The number of likely N-dealkylation sites (tertiary alicyclic amines) is 1. The molecule has 0 bridgehead atoms. The predicted octanol–water partition coefficient (Wildman–Crippen LogP) is 3.33. The Kier molecular flexibility index (Phi) is 4.04. The van der Waals surface area contributed by atoms with Gasteiger partial charge >= 0.3 is 0 Å². The van der Waals surface area contributed by atoms with Crippen LogP contribution in [0.3, 0.4) is 0 Å². The van der Waals surface area contributed by atoms with Gasteiger partial charge in [-0.05, 0) is 30.5 Å². The van der Waals surface area contributed by atoms with Crippen molar-refractivity contribution >= 4 is 16.8 Å². The first-order valence-corrected chi connectivity index (χ1v) is 7.54. The molecule has 0 saturated carbocycles. The Morgan fingerprint density at radius 2 is 2.32 bits per heavy atom. The molecule has 5 heteroatoms. The van der Waals surface area contributed by atoms with Crippen LogP contribution in [0.2, 0.25) is 0 Å². The number of carbonyl (C=O) groups excluding carboxylic acids is 1. The molecule has 5 nitrogen and oxygen atoms in total. The highest BCUT2D eigenvalue weighted by Crippen LogP contribution is 2.33. The van der Waals surface area contributed by atoms with Crippen molar-refractivity contribution in [2.75, 3.05) is 13.1 Å². The number of nitroso groups, excluding NO2 is 1. The maximum atomic E-state index is 11.9. The van der Waals surface area contributed by atoms with Gasteiger partial charge in [0, 0.05) is 36.2 Å². The first-order valence-electron chi connectivity index (χ1n) is 7.54. The van der Waals surface area contributed by atoms with Crippen LogP contribution in [0.25, 0.3) is 10.9 Å². The van der Waals surface area contributed by atoms with E-state index in [0.717, 1.165) is 42.4 Å². The molecule has 0 radical (unpaired) electrons. The summed E-state index contributed by atoms with van der Waals surface area (Å²) in [4.78, 5) is 27.5. The van der Waals surface area contributed by atoms with Crippen LogP contribution in [0.4, 0.5) is 0 Å². The van der Waals surface area contributed by atoms with Gasteiger partial charge in [0.05, 0.1) is 5.52 Å². The average Bonchev–Trinajstić information content (AvgIpc) is 3.05. The Morgan fingerprint density at radius 3 is 3.09 bits per heavy atom. The lowest BCUT2D eigenvalue weighted by Crippen LogP contribution is -2.38. The van der Waals surface area contributed by atoms with E-state index in [1.807, 2.05) is 23.2 Å². The van der Waals surface area contributed by atoms with Crippen LogP contribution in [-0.2, 0) is 11.3 Å². The van der Waals surface area contributed by atoms with E-state index >= 15 is 0 Å². The number of aromatic amines is 1. The molecule has 114 valence electrons. The molecule has 1 aromatic heterocycles. The molecule has 0 spiro atoms. The van der Waals surface area contributed by atoms with Gasteiger partial charge in [-0.2, -0.15) is 4.91 Å². The normalized spacial score (nSPS) is 18.4. The number of aromatic nitrogens is 1. The van der Waals surface area contributed by atoms with Crippen LogP contribution in [0.1, 0.15) is 29.9 Å². The Balaban J connectivity index is 1.94. The molecule has 1 amide bonds. The average molecular weight is 297 g/mol. The second-order valence-corrected chi connectivity index (χ2v) is 5.70. The minimum Gasteiger partial charge on any atom is -0.361 e. The molecule has 1 aliphatic heterocycles. The third-order valence-corrected chi connectivity index (χ3v) is 4.43. The predicted molar refractivity (Wildman–Crippen MR) is 86.5 cm³/mol. The van der Waals surface area contributed by atoms with E-state index in [-0.39, 0.29) is 12.5 Å². The maximum absolute atomic E-state index is 11.9. The summed E-state index contributed by atoms with van der Waals surface area (Å²) in [5.41, 5.74) is 3.12. The van der Waals surface area contributed by atoms with E-state index in [2.05, 4.69) is 22.8 Å². The fraction of sp³-hybridized carbons (Fsp3) is 0.353. The molecule has 1 aliphatic rings. The summed E-state index contributed by atoms with van der Waals surface area (Å²) >= 11 is 0. The number of benzene rings is 1. The zero-order chi connectivity index (χ0) is 15.5. The largest absolute Gasteiger partial charge is 0.361 e. The highest BCUT2D eigenvalue weighted by molar-refractivity contribution is 5.88. The maximum Gasteiger partial charge on any atom is 0.245 e. The van der Waals surface area contributed by atoms with Crippen molar-refractivity contribution in [3.05, 3.63) is 53.1 Å². The second-order valence-electron chi connectivity index (χ2n) is 5.70. The first-order chi connectivity index (χ1) is 10.7. The van der Waals surface area contributed by atoms with Crippen molar-refractivity contribution in [3.8, 4) is 0 Å². The molecule has 1 saturated heterocycles. The van der Waals surface area contributed by atoms with Crippen molar-refractivity contribution in [1.29, 1.82) is 0 Å². The summed E-state index contributed by atoms with van der Waals surface area (Å²) in [7, 11) is 0. The van der Waals surface area contributed by atoms with E-state index in [1.165, 1.54) is 11.6 Å². The molecule has 0 aliphatic carbocycles. The van der Waals surface area contributed by atoms with Crippen molar-refractivity contribution < 1.29 is 4.79 Å². The summed E-state index contributed by atoms with van der Waals surface area (Å²) in [5, 5.41) is 4.11. The topological polar surface area (TPSA) is 65.5 Å². The molecule has 3 rings (SSSR count). The molecule has 1 atom stereocenters. The van der Waals surface area contributed by atoms with Gasteiger partial charge in [-0.3, -0.25) is 4.79 Å². The van der Waals surface area contributed by atoms with Crippen LogP contribution in [-0.4, -0.2) is 28.9 Å². The van der Waals surface area contributed by atoms with Gasteiger partial charge in [-0.1, -0.05) is 23.9 Å². The standard InChI is InChI=1S/C17H19N3O2/c1-2-16(21)20-9-3-4-13(11-20)14-6-5-12(10-19-22)17-15(14)7-8-18-17/h2,5-8,13,18H,1,3-4,9-11H2. The summed E-state index contributed by atoms with van der Waals surface area (Å²) in [6, 6.07) is 6.07. The van der Waals surface area contributed by atoms with Gasteiger partial charge in [-0.15, -0.1) is 0 Å². The van der Waals surface area contributed by atoms with Gasteiger partial charge in [0.25, 0.3) is 0 Å². The number of rotatable bonds is 4. The quantitative estimate of drug-likeness (QED) is 0.695. The minimum atomic E-state index is -0.00297. The SMILES string of the molecule is C=CC(=O)N1CCCC(c2ccc(CN=O)c3[nH]ccc23)C1. The van der Waals surface area contributed by atoms with Crippen LogP contribution in [0, 0.1) is 4.91 Å². The fourth-order valence-corrected chi connectivity index (χ4v) is 3.36.